The molecular formula is C14H22BrNO. The van der Waals surface area contributed by atoms with E-state index in [9.17, 15) is 0 Å². The quantitative estimate of drug-likeness (QED) is 0.735. The second kappa shape index (κ2) is 8.67. The van der Waals surface area contributed by atoms with Gasteiger partial charge in [0, 0.05) is 17.6 Å². The van der Waals surface area contributed by atoms with Crippen LogP contribution in [0.15, 0.2) is 28.7 Å². The standard InChI is InChI=1S/C14H22BrNO/c1-2-3-4-5-10-17-14(11-16)12-6-8-13(15)9-7-12/h6-9,14H,2-5,10-11,16H2,1H3. The van der Waals surface area contributed by atoms with Gasteiger partial charge >= 0.3 is 0 Å². The smallest absolute Gasteiger partial charge is 0.0947 e. The number of nitrogens with two attached hydrogens (primary N) is 1. The van der Waals surface area contributed by atoms with Crippen molar-refractivity contribution in [2.24, 2.45) is 5.73 Å². The second-order valence-corrected chi connectivity index (χ2v) is 5.12. The van der Waals surface area contributed by atoms with Crippen molar-refractivity contribution in [3.05, 3.63) is 34.3 Å². The summed E-state index contributed by atoms with van der Waals surface area (Å²) in [6, 6.07) is 8.18. The van der Waals surface area contributed by atoms with Crippen molar-refractivity contribution in [3.63, 3.8) is 0 Å². The zero-order valence-electron chi connectivity index (χ0n) is 10.5. The summed E-state index contributed by atoms with van der Waals surface area (Å²) in [7, 11) is 0. The number of hydrogen-bond donors (Lipinski definition) is 1. The van der Waals surface area contributed by atoms with Crippen LogP contribution in [0.3, 0.4) is 0 Å². The highest BCUT2D eigenvalue weighted by molar-refractivity contribution is 9.10. The molecule has 0 fully saturated rings. The van der Waals surface area contributed by atoms with Crippen LogP contribution in [0.25, 0.3) is 0 Å². The van der Waals surface area contributed by atoms with E-state index >= 15 is 0 Å². The van der Waals surface area contributed by atoms with E-state index in [1.807, 2.05) is 12.1 Å². The Bertz CT molecular complexity index is 300. The van der Waals surface area contributed by atoms with Gasteiger partial charge in [-0.25, -0.2) is 0 Å². The molecule has 1 rings (SSSR count). The number of hydrogen-bond acceptors (Lipinski definition) is 2. The summed E-state index contributed by atoms with van der Waals surface area (Å²) in [4.78, 5) is 0. The summed E-state index contributed by atoms with van der Waals surface area (Å²) in [5.41, 5.74) is 6.91. The minimum Gasteiger partial charge on any atom is -0.372 e. The van der Waals surface area contributed by atoms with Crippen molar-refractivity contribution in [2.75, 3.05) is 13.2 Å². The van der Waals surface area contributed by atoms with E-state index in [1.54, 1.807) is 0 Å². The van der Waals surface area contributed by atoms with Crippen molar-refractivity contribution < 1.29 is 4.74 Å². The summed E-state index contributed by atoms with van der Waals surface area (Å²) in [5, 5.41) is 0. The molecule has 0 aliphatic heterocycles. The molecule has 1 aromatic carbocycles. The summed E-state index contributed by atoms with van der Waals surface area (Å²) in [5.74, 6) is 0. The highest BCUT2D eigenvalue weighted by Gasteiger charge is 2.09. The van der Waals surface area contributed by atoms with Gasteiger partial charge in [0.05, 0.1) is 6.10 Å². The molecule has 1 unspecified atom stereocenters. The van der Waals surface area contributed by atoms with Crippen LogP contribution in [-0.4, -0.2) is 13.2 Å². The molecule has 17 heavy (non-hydrogen) atoms. The molecule has 0 spiro atoms. The highest BCUT2D eigenvalue weighted by Crippen LogP contribution is 2.19. The van der Waals surface area contributed by atoms with Gasteiger partial charge in [-0.1, -0.05) is 54.2 Å². The second-order valence-electron chi connectivity index (χ2n) is 4.21. The Morgan fingerprint density at radius 2 is 1.88 bits per heavy atom. The van der Waals surface area contributed by atoms with Crippen molar-refractivity contribution in [1.82, 2.24) is 0 Å². The van der Waals surface area contributed by atoms with Gasteiger partial charge in [0.25, 0.3) is 0 Å². The van der Waals surface area contributed by atoms with E-state index in [2.05, 4.69) is 35.0 Å². The first kappa shape index (κ1) is 14.7. The molecule has 0 aliphatic carbocycles. The molecule has 0 bridgehead atoms. The molecule has 0 aliphatic rings. The molecule has 1 atom stereocenters. The van der Waals surface area contributed by atoms with E-state index in [0.717, 1.165) is 23.1 Å². The third-order valence-corrected chi connectivity index (χ3v) is 3.30. The van der Waals surface area contributed by atoms with Crippen LogP contribution >= 0.6 is 15.9 Å². The fraction of sp³-hybridized carbons (Fsp3) is 0.571. The number of unbranched alkanes of at least 4 members (excludes halogenated alkanes) is 3. The normalized spacial score (nSPS) is 12.6. The molecule has 2 nitrogen and oxygen atoms in total. The molecular weight excluding hydrogens is 278 g/mol. The predicted molar refractivity (Wildman–Crippen MR) is 76.0 cm³/mol. The lowest BCUT2D eigenvalue weighted by Crippen LogP contribution is -2.16. The average molecular weight is 300 g/mol. The summed E-state index contributed by atoms with van der Waals surface area (Å²) in [6.45, 7) is 3.55. The lowest BCUT2D eigenvalue weighted by atomic mass is 10.1. The number of halogens is 1. The largest absolute Gasteiger partial charge is 0.372 e. The zero-order valence-corrected chi connectivity index (χ0v) is 12.1. The molecule has 0 aromatic heterocycles. The Morgan fingerprint density at radius 3 is 2.47 bits per heavy atom. The molecule has 0 heterocycles. The van der Waals surface area contributed by atoms with Gasteiger partial charge in [0.1, 0.15) is 0 Å². The Balaban J connectivity index is 2.35. The van der Waals surface area contributed by atoms with E-state index in [-0.39, 0.29) is 6.10 Å². The van der Waals surface area contributed by atoms with Crippen LogP contribution < -0.4 is 5.73 Å². The number of benzene rings is 1. The molecule has 2 N–H and O–H groups in total. The van der Waals surface area contributed by atoms with Crippen molar-refractivity contribution in [1.29, 1.82) is 0 Å². The van der Waals surface area contributed by atoms with Crippen LogP contribution in [0.1, 0.15) is 44.3 Å². The van der Waals surface area contributed by atoms with Gasteiger partial charge in [-0.2, -0.15) is 0 Å². The number of rotatable bonds is 8. The summed E-state index contributed by atoms with van der Waals surface area (Å²) in [6.07, 6.45) is 4.95. The fourth-order valence-electron chi connectivity index (χ4n) is 1.73. The van der Waals surface area contributed by atoms with Gasteiger partial charge in [0.15, 0.2) is 0 Å². The lowest BCUT2D eigenvalue weighted by molar-refractivity contribution is 0.0558. The molecule has 0 saturated heterocycles. The van der Waals surface area contributed by atoms with E-state index < -0.39 is 0 Å². The van der Waals surface area contributed by atoms with Crippen molar-refractivity contribution in [3.8, 4) is 0 Å². The fourth-order valence-corrected chi connectivity index (χ4v) is 2.00. The van der Waals surface area contributed by atoms with E-state index in [4.69, 9.17) is 10.5 Å². The topological polar surface area (TPSA) is 35.2 Å². The minimum absolute atomic E-state index is 0.0322. The van der Waals surface area contributed by atoms with Crippen LogP contribution in [0.4, 0.5) is 0 Å². The summed E-state index contributed by atoms with van der Waals surface area (Å²) < 4.78 is 6.91. The Labute approximate surface area is 113 Å². The van der Waals surface area contributed by atoms with Crippen LogP contribution in [0.2, 0.25) is 0 Å². The molecule has 0 radical (unpaired) electrons. The molecule has 0 amide bonds. The molecule has 1 aromatic rings. The molecule has 0 saturated carbocycles. The highest BCUT2D eigenvalue weighted by atomic mass is 79.9. The first-order chi connectivity index (χ1) is 8.27. The average Bonchev–Trinajstić information content (AvgIpc) is 2.35. The van der Waals surface area contributed by atoms with Gasteiger partial charge in [0.2, 0.25) is 0 Å². The van der Waals surface area contributed by atoms with Crippen molar-refractivity contribution >= 4 is 15.9 Å². The number of ether oxygens (including phenoxy) is 1. The third kappa shape index (κ3) is 5.66. The monoisotopic (exact) mass is 299 g/mol. The third-order valence-electron chi connectivity index (χ3n) is 2.77. The summed E-state index contributed by atoms with van der Waals surface area (Å²) >= 11 is 3.43. The SMILES string of the molecule is CCCCCCOC(CN)c1ccc(Br)cc1. The van der Waals surface area contributed by atoms with E-state index in [1.165, 1.54) is 19.3 Å². The van der Waals surface area contributed by atoms with Crippen LogP contribution in [0, 0.1) is 0 Å². The first-order valence-electron chi connectivity index (χ1n) is 6.35. The maximum atomic E-state index is 5.82. The minimum atomic E-state index is 0.0322. The predicted octanol–water partition coefficient (Wildman–Crippen LogP) is 4.05. The Kier molecular flexibility index (Phi) is 7.49. The molecule has 3 heteroatoms. The van der Waals surface area contributed by atoms with Crippen LogP contribution in [0.5, 0.6) is 0 Å². The van der Waals surface area contributed by atoms with E-state index in [0.29, 0.717) is 6.54 Å². The maximum absolute atomic E-state index is 5.82. The van der Waals surface area contributed by atoms with Gasteiger partial charge in [-0.15, -0.1) is 0 Å². The maximum Gasteiger partial charge on any atom is 0.0947 e. The zero-order chi connectivity index (χ0) is 12.5. The van der Waals surface area contributed by atoms with Crippen LogP contribution in [-0.2, 0) is 4.74 Å². The van der Waals surface area contributed by atoms with Gasteiger partial charge < -0.3 is 10.5 Å². The van der Waals surface area contributed by atoms with Crippen molar-refractivity contribution in [2.45, 2.75) is 38.7 Å². The van der Waals surface area contributed by atoms with Gasteiger partial charge in [-0.05, 0) is 24.1 Å². The Hall–Kier alpha value is -0.380. The van der Waals surface area contributed by atoms with Gasteiger partial charge in [-0.3, -0.25) is 0 Å². The molecule has 96 valence electrons. The Morgan fingerprint density at radius 1 is 1.18 bits per heavy atom. The lowest BCUT2D eigenvalue weighted by Gasteiger charge is -2.16. The first-order valence-corrected chi connectivity index (χ1v) is 7.14.